The Morgan fingerprint density at radius 2 is 1.62 bits per heavy atom. The summed E-state index contributed by atoms with van der Waals surface area (Å²) in [6.07, 6.45) is 1.97. The molecule has 0 saturated carbocycles. The molecule has 1 aromatic heterocycles. The third-order valence-electron chi connectivity index (χ3n) is 4.92. The lowest BCUT2D eigenvalue weighted by Gasteiger charge is -2.36. The van der Waals surface area contributed by atoms with Crippen molar-refractivity contribution >= 4 is 17.4 Å². The second kappa shape index (κ2) is 11.0. The van der Waals surface area contributed by atoms with Crippen molar-refractivity contribution in [2.75, 3.05) is 43.1 Å². The molecule has 8 nitrogen and oxygen atoms in total. The van der Waals surface area contributed by atoms with E-state index in [2.05, 4.69) is 29.0 Å². The molecule has 8 heteroatoms. The van der Waals surface area contributed by atoms with Crippen molar-refractivity contribution in [3.05, 3.63) is 36.0 Å². The maximum atomic E-state index is 13.0. The predicted molar refractivity (Wildman–Crippen MR) is 124 cm³/mol. The zero-order chi connectivity index (χ0) is 23.1. The fourth-order valence-electron chi connectivity index (χ4n) is 3.74. The summed E-state index contributed by atoms with van der Waals surface area (Å²) in [7, 11) is 0. The summed E-state index contributed by atoms with van der Waals surface area (Å²) in [4.78, 5) is 19.7. The molecule has 1 aliphatic heterocycles. The average Bonchev–Trinajstić information content (AvgIpc) is 2.76. The van der Waals surface area contributed by atoms with Gasteiger partial charge in [0.1, 0.15) is 5.82 Å². The molecular weight excluding hydrogens is 410 g/mol. The van der Waals surface area contributed by atoms with Crippen LogP contribution >= 0.6 is 0 Å². The first-order valence-electron chi connectivity index (χ1n) is 11.2. The van der Waals surface area contributed by atoms with Crippen LogP contribution in [0.1, 0.15) is 45.0 Å². The van der Waals surface area contributed by atoms with Gasteiger partial charge in [-0.1, -0.05) is 0 Å². The first-order valence-corrected chi connectivity index (χ1v) is 11.2. The minimum atomic E-state index is -0.280. The number of rotatable bonds is 9. The molecule has 2 aromatic rings. The Hall–Kier alpha value is -3.00. The van der Waals surface area contributed by atoms with Gasteiger partial charge in [0.15, 0.2) is 11.5 Å². The number of amides is 1. The number of pyridine rings is 1. The van der Waals surface area contributed by atoms with Crippen molar-refractivity contribution in [2.24, 2.45) is 0 Å². The molecule has 2 heterocycles. The average molecular weight is 444 g/mol. The highest BCUT2D eigenvalue weighted by molar-refractivity contribution is 6.05. The number of nitrogens with one attached hydrogen (secondary N) is 1. The number of anilines is 2. The Labute approximate surface area is 189 Å². The van der Waals surface area contributed by atoms with Crippen LogP contribution in [0.3, 0.4) is 0 Å². The monoisotopic (exact) mass is 443 g/mol. The Morgan fingerprint density at radius 3 is 2.12 bits per heavy atom. The number of morpholine rings is 1. The molecule has 2 atom stereocenters. The van der Waals surface area contributed by atoms with E-state index in [0.717, 1.165) is 18.9 Å². The molecule has 0 spiro atoms. The molecule has 1 fully saturated rings. The number of carbonyl (C=O) groups is 1. The van der Waals surface area contributed by atoms with Gasteiger partial charge < -0.3 is 29.2 Å². The van der Waals surface area contributed by atoms with Crippen molar-refractivity contribution in [1.29, 1.82) is 0 Å². The van der Waals surface area contributed by atoms with E-state index in [1.807, 2.05) is 32.9 Å². The third-order valence-corrected chi connectivity index (χ3v) is 4.92. The van der Waals surface area contributed by atoms with Gasteiger partial charge in [0.2, 0.25) is 5.75 Å². The second-order valence-corrected chi connectivity index (χ2v) is 7.62. The van der Waals surface area contributed by atoms with E-state index in [-0.39, 0.29) is 18.1 Å². The van der Waals surface area contributed by atoms with E-state index in [0.29, 0.717) is 48.3 Å². The van der Waals surface area contributed by atoms with Crippen molar-refractivity contribution < 1.29 is 23.7 Å². The summed E-state index contributed by atoms with van der Waals surface area (Å²) in [5.74, 6) is 2.05. The minimum absolute atomic E-state index is 0.152. The molecular formula is C24H33N3O5. The van der Waals surface area contributed by atoms with Gasteiger partial charge in [-0.15, -0.1) is 0 Å². The number of hydrogen-bond acceptors (Lipinski definition) is 7. The third kappa shape index (κ3) is 5.82. The highest BCUT2D eigenvalue weighted by atomic mass is 16.5. The first kappa shape index (κ1) is 23.7. The summed E-state index contributed by atoms with van der Waals surface area (Å²) in [6, 6.07) is 7.11. The lowest BCUT2D eigenvalue weighted by molar-refractivity contribution is -0.00545. The van der Waals surface area contributed by atoms with E-state index in [1.54, 1.807) is 18.3 Å². The quantitative estimate of drug-likeness (QED) is 0.624. The fraction of sp³-hybridized carbons (Fsp3) is 0.500. The van der Waals surface area contributed by atoms with Crippen LogP contribution in [0.25, 0.3) is 0 Å². The van der Waals surface area contributed by atoms with Crippen LogP contribution < -0.4 is 24.4 Å². The Balaban J connectivity index is 1.77. The molecule has 1 aromatic carbocycles. The SMILES string of the molecule is CCOc1cc(C(=O)Nc2ccc(N3CC(C)OC(C)C3)nc2)cc(OCC)c1OCC. The number of hydrogen-bond donors (Lipinski definition) is 1. The van der Waals surface area contributed by atoms with Gasteiger partial charge in [-0.25, -0.2) is 4.98 Å². The Bertz CT molecular complexity index is 866. The van der Waals surface area contributed by atoms with Crippen molar-refractivity contribution in [3.63, 3.8) is 0 Å². The predicted octanol–water partition coefficient (Wildman–Crippen LogP) is 4.14. The smallest absolute Gasteiger partial charge is 0.255 e. The van der Waals surface area contributed by atoms with Crippen molar-refractivity contribution in [2.45, 2.75) is 46.8 Å². The molecule has 1 saturated heterocycles. The molecule has 1 aliphatic rings. The van der Waals surface area contributed by atoms with Gasteiger partial charge in [-0.3, -0.25) is 4.79 Å². The van der Waals surface area contributed by atoms with Crippen LogP contribution in [0, 0.1) is 0 Å². The summed E-state index contributed by atoms with van der Waals surface area (Å²) in [6.45, 7) is 12.7. The topological polar surface area (TPSA) is 82.2 Å². The van der Waals surface area contributed by atoms with Gasteiger partial charge in [0.05, 0.1) is 43.9 Å². The molecule has 2 unspecified atom stereocenters. The van der Waals surface area contributed by atoms with Crippen LogP contribution in [0.2, 0.25) is 0 Å². The molecule has 3 rings (SSSR count). The van der Waals surface area contributed by atoms with Crippen LogP contribution in [0.15, 0.2) is 30.5 Å². The summed E-state index contributed by atoms with van der Waals surface area (Å²) in [5, 5.41) is 2.90. The van der Waals surface area contributed by atoms with Crippen LogP contribution in [0.4, 0.5) is 11.5 Å². The zero-order valence-electron chi connectivity index (χ0n) is 19.5. The number of nitrogens with zero attached hydrogens (tertiary/aromatic N) is 2. The van der Waals surface area contributed by atoms with E-state index in [1.165, 1.54) is 0 Å². The number of aromatic nitrogens is 1. The Morgan fingerprint density at radius 1 is 1.03 bits per heavy atom. The number of ether oxygens (including phenoxy) is 4. The van der Waals surface area contributed by atoms with Gasteiger partial charge in [0.25, 0.3) is 5.91 Å². The van der Waals surface area contributed by atoms with E-state index < -0.39 is 0 Å². The van der Waals surface area contributed by atoms with Crippen molar-refractivity contribution in [1.82, 2.24) is 4.98 Å². The summed E-state index contributed by atoms with van der Waals surface area (Å²) >= 11 is 0. The van der Waals surface area contributed by atoms with Crippen LogP contribution in [0.5, 0.6) is 17.2 Å². The van der Waals surface area contributed by atoms with E-state index in [9.17, 15) is 4.79 Å². The van der Waals surface area contributed by atoms with Crippen molar-refractivity contribution in [3.8, 4) is 17.2 Å². The highest BCUT2D eigenvalue weighted by Crippen LogP contribution is 2.39. The van der Waals surface area contributed by atoms with Gasteiger partial charge in [0, 0.05) is 18.7 Å². The molecule has 32 heavy (non-hydrogen) atoms. The van der Waals surface area contributed by atoms with Crippen LogP contribution in [-0.2, 0) is 4.74 Å². The second-order valence-electron chi connectivity index (χ2n) is 7.62. The molecule has 174 valence electrons. The lowest BCUT2D eigenvalue weighted by Crippen LogP contribution is -2.45. The molecule has 1 N–H and O–H groups in total. The highest BCUT2D eigenvalue weighted by Gasteiger charge is 2.23. The summed E-state index contributed by atoms with van der Waals surface area (Å²) in [5.41, 5.74) is 1.03. The molecule has 0 aliphatic carbocycles. The number of benzene rings is 1. The Kier molecular flexibility index (Phi) is 8.16. The summed E-state index contributed by atoms with van der Waals surface area (Å²) < 4.78 is 22.9. The van der Waals surface area contributed by atoms with Gasteiger partial charge in [-0.05, 0) is 58.9 Å². The van der Waals surface area contributed by atoms with E-state index in [4.69, 9.17) is 18.9 Å². The lowest BCUT2D eigenvalue weighted by atomic mass is 10.1. The molecule has 0 radical (unpaired) electrons. The maximum absolute atomic E-state index is 13.0. The molecule has 1 amide bonds. The first-order chi connectivity index (χ1) is 15.4. The van der Waals surface area contributed by atoms with E-state index >= 15 is 0 Å². The van der Waals surface area contributed by atoms with Crippen LogP contribution in [-0.4, -0.2) is 56.0 Å². The van der Waals surface area contributed by atoms with Gasteiger partial charge >= 0.3 is 0 Å². The maximum Gasteiger partial charge on any atom is 0.255 e. The zero-order valence-corrected chi connectivity index (χ0v) is 19.5. The molecule has 0 bridgehead atoms. The minimum Gasteiger partial charge on any atom is -0.490 e. The fourth-order valence-corrected chi connectivity index (χ4v) is 3.74. The number of carbonyl (C=O) groups excluding carboxylic acids is 1. The standard InChI is InChI=1S/C24H33N3O5/c1-6-29-20-11-18(12-21(30-7-2)23(20)31-8-3)24(28)26-19-9-10-22(25-13-19)27-14-16(4)32-17(5)15-27/h9-13,16-17H,6-8,14-15H2,1-5H3,(H,26,28). The largest absolute Gasteiger partial charge is 0.490 e. The normalized spacial score (nSPS) is 18.2. The van der Waals surface area contributed by atoms with Gasteiger partial charge in [-0.2, -0.15) is 0 Å².